The molecule has 2 unspecified atom stereocenters. The van der Waals surface area contributed by atoms with Crippen molar-refractivity contribution < 1.29 is 23.1 Å². The summed E-state index contributed by atoms with van der Waals surface area (Å²) in [5, 5.41) is 13.3. The molecule has 0 bridgehead atoms. The molecule has 1 aromatic rings. The Morgan fingerprint density at radius 2 is 2.14 bits per heavy atom. The lowest BCUT2D eigenvalue weighted by atomic mass is 10.0. The van der Waals surface area contributed by atoms with Gasteiger partial charge in [0.25, 0.3) is 0 Å². The van der Waals surface area contributed by atoms with Crippen molar-refractivity contribution in [3.05, 3.63) is 24.3 Å². The van der Waals surface area contributed by atoms with Gasteiger partial charge in [-0.3, -0.25) is 4.79 Å². The largest absolute Gasteiger partial charge is 0.497 e. The van der Waals surface area contributed by atoms with Crippen LogP contribution in [0.2, 0.25) is 0 Å². The summed E-state index contributed by atoms with van der Waals surface area (Å²) in [6.45, 7) is 4.13. The molecule has 0 saturated carbocycles. The van der Waals surface area contributed by atoms with Crippen LogP contribution in [0.4, 0.5) is 0 Å². The summed E-state index contributed by atoms with van der Waals surface area (Å²) in [6.07, 6.45) is 0.527. The summed E-state index contributed by atoms with van der Waals surface area (Å²) in [4.78, 5) is 12.4. The van der Waals surface area contributed by atoms with Gasteiger partial charge in [-0.15, -0.1) is 0 Å². The Hall–Kier alpha value is -1.68. The van der Waals surface area contributed by atoms with Crippen LogP contribution in [0.1, 0.15) is 33.1 Å². The molecule has 0 aromatic heterocycles. The van der Waals surface area contributed by atoms with E-state index in [1.807, 2.05) is 13.8 Å². The van der Waals surface area contributed by atoms with E-state index in [1.54, 1.807) is 12.1 Å². The van der Waals surface area contributed by atoms with Gasteiger partial charge < -0.3 is 20.9 Å². The maximum Gasteiger partial charge on any atom is 0.243 e. The van der Waals surface area contributed by atoms with Crippen LogP contribution in [-0.2, 0) is 14.8 Å². The molecule has 0 radical (unpaired) electrons. The number of aliphatic hydroxyl groups excluding tert-OH is 1. The Balaban J connectivity index is 2.08. The molecule has 28 heavy (non-hydrogen) atoms. The fraction of sp³-hybridized carbons (Fsp3) is 0.632. The average molecular weight is 414 g/mol. The minimum Gasteiger partial charge on any atom is -0.497 e. The van der Waals surface area contributed by atoms with Gasteiger partial charge in [0, 0.05) is 19.2 Å². The van der Waals surface area contributed by atoms with Crippen LogP contribution in [0, 0.1) is 5.92 Å². The first-order valence-corrected chi connectivity index (χ1v) is 11.0. The number of nitrogens with zero attached hydrogens (tertiary/aromatic N) is 1. The molecule has 4 N–H and O–H groups in total. The molecule has 3 atom stereocenters. The summed E-state index contributed by atoms with van der Waals surface area (Å²) in [5.41, 5.74) is 5.91. The number of amides is 1. The Bertz CT molecular complexity index is 769. The van der Waals surface area contributed by atoms with Gasteiger partial charge in [-0.1, -0.05) is 19.9 Å². The zero-order chi connectivity index (χ0) is 20.9. The van der Waals surface area contributed by atoms with Crippen LogP contribution in [0.15, 0.2) is 29.2 Å². The van der Waals surface area contributed by atoms with E-state index in [4.69, 9.17) is 10.5 Å². The van der Waals surface area contributed by atoms with Gasteiger partial charge in [-0.2, -0.15) is 4.31 Å². The zero-order valence-corrected chi connectivity index (χ0v) is 17.5. The first-order chi connectivity index (χ1) is 13.1. The number of sulfonamides is 1. The van der Waals surface area contributed by atoms with Gasteiger partial charge >= 0.3 is 0 Å². The van der Waals surface area contributed by atoms with E-state index in [9.17, 15) is 18.3 Å². The summed E-state index contributed by atoms with van der Waals surface area (Å²) in [6, 6.07) is 5.06. The second-order valence-corrected chi connectivity index (χ2v) is 9.54. The van der Waals surface area contributed by atoms with Crippen molar-refractivity contribution in [2.45, 2.75) is 56.2 Å². The molecular weight excluding hydrogens is 382 g/mol. The monoisotopic (exact) mass is 413 g/mol. The Morgan fingerprint density at radius 1 is 1.43 bits per heavy atom. The minimum absolute atomic E-state index is 0.0933. The van der Waals surface area contributed by atoms with Crippen LogP contribution >= 0.6 is 0 Å². The molecule has 1 aliphatic heterocycles. The molecule has 1 aromatic carbocycles. The molecule has 158 valence electrons. The van der Waals surface area contributed by atoms with Crippen LogP contribution in [0.3, 0.4) is 0 Å². The number of carbonyl (C=O) groups is 1. The number of rotatable bonds is 7. The van der Waals surface area contributed by atoms with E-state index >= 15 is 0 Å². The highest BCUT2D eigenvalue weighted by Gasteiger charge is 2.34. The van der Waals surface area contributed by atoms with Crippen LogP contribution < -0.4 is 15.8 Å². The van der Waals surface area contributed by atoms with Crippen molar-refractivity contribution in [1.82, 2.24) is 9.62 Å². The molecule has 0 spiro atoms. The summed E-state index contributed by atoms with van der Waals surface area (Å²) in [7, 11) is -2.31. The van der Waals surface area contributed by atoms with E-state index in [-0.39, 0.29) is 29.8 Å². The van der Waals surface area contributed by atoms with Crippen LogP contribution in [0.5, 0.6) is 5.75 Å². The van der Waals surface area contributed by atoms with Gasteiger partial charge in [0.15, 0.2) is 0 Å². The second-order valence-electron chi connectivity index (χ2n) is 7.60. The predicted molar refractivity (Wildman–Crippen MR) is 106 cm³/mol. The van der Waals surface area contributed by atoms with E-state index in [1.165, 1.54) is 23.5 Å². The number of nitrogens with one attached hydrogen (secondary N) is 1. The quantitative estimate of drug-likeness (QED) is 0.605. The molecule has 1 saturated heterocycles. The highest BCUT2D eigenvalue weighted by atomic mass is 32.2. The lowest BCUT2D eigenvalue weighted by Crippen LogP contribution is -2.51. The van der Waals surface area contributed by atoms with Crippen LogP contribution in [0.25, 0.3) is 0 Å². The standard InChI is InChI=1S/C19H31N3O5S/c1-13(2)10-16(20)19(24)21-17-8-5-9-22(12-18(17)23)28(25,26)15-7-4-6-14(11-15)27-3/h4,6-7,11,13,16-18,23H,5,8-10,12,20H2,1-3H3,(H,21,24)/t16?,17?,18-/m0/s1. The SMILES string of the molecule is COc1cccc(S(=O)(=O)N2CCCC(NC(=O)C(N)CC(C)C)[C@@H](O)C2)c1. The molecule has 1 heterocycles. The number of nitrogens with two attached hydrogens (primary N) is 1. The molecule has 1 amide bonds. The minimum atomic E-state index is -3.78. The number of hydrogen-bond acceptors (Lipinski definition) is 6. The predicted octanol–water partition coefficient (Wildman–Crippen LogP) is 0.699. The molecule has 1 fully saturated rings. The zero-order valence-electron chi connectivity index (χ0n) is 16.7. The number of hydrogen-bond donors (Lipinski definition) is 3. The highest BCUT2D eigenvalue weighted by Crippen LogP contribution is 2.24. The second kappa shape index (κ2) is 9.69. The third-order valence-electron chi connectivity index (χ3n) is 4.85. The first-order valence-electron chi connectivity index (χ1n) is 9.53. The Morgan fingerprint density at radius 3 is 2.79 bits per heavy atom. The maximum atomic E-state index is 13.0. The van der Waals surface area contributed by atoms with Crippen LogP contribution in [-0.4, -0.2) is 62.1 Å². The third-order valence-corrected chi connectivity index (χ3v) is 6.71. The molecular formula is C19H31N3O5S. The highest BCUT2D eigenvalue weighted by molar-refractivity contribution is 7.89. The van der Waals surface area contributed by atoms with Crippen molar-refractivity contribution in [2.75, 3.05) is 20.2 Å². The summed E-state index contributed by atoms with van der Waals surface area (Å²) >= 11 is 0. The van der Waals surface area contributed by atoms with Gasteiger partial charge in [0.2, 0.25) is 15.9 Å². The molecule has 2 rings (SSSR count). The summed E-state index contributed by atoms with van der Waals surface area (Å²) in [5.74, 6) is 0.408. The van der Waals surface area contributed by atoms with Gasteiger partial charge in [-0.25, -0.2) is 8.42 Å². The summed E-state index contributed by atoms with van der Waals surface area (Å²) < 4.78 is 32.3. The van der Waals surface area contributed by atoms with Gasteiger partial charge in [-0.05, 0) is 37.3 Å². The average Bonchev–Trinajstić information content (AvgIpc) is 2.83. The van der Waals surface area contributed by atoms with Crippen molar-refractivity contribution in [3.63, 3.8) is 0 Å². The third kappa shape index (κ3) is 5.66. The molecule has 1 aliphatic rings. The Labute approximate surface area is 167 Å². The topological polar surface area (TPSA) is 122 Å². The van der Waals surface area contributed by atoms with E-state index in [2.05, 4.69) is 5.32 Å². The lowest BCUT2D eigenvalue weighted by Gasteiger charge is -2.26. The first kappa shape index (κ1) is 22.6. The number of benzene rings is 1. The number of methoxy groups -OCH3 is 1. The van der Waals surface area contributed by atoms with Gasteiger partial charge in [0.05, 0.1) is 30.2 Å². The molecule has 9 heteroatoms. The molecule has 0 aliphatic carbocycles. The van der Waals surface area contributed by atoms with Crippen molar-refractivity contribution in [2.24, 2.45) is 11.7 Å². The van der Waals surface area contributed by atoms with E-state index in [0.717, 1.165) is 0 Å². The van der Waals surface area contributed by atoms with Crippen molar-refractivity contribution in [3.8, 4) is 5.75 Å². The number of ether oxygens (including phenoxy) is 1. The fourth-order valence-corrected chi connectivity index (χ4v) is 4.84. The number of β-amino-alcohol motifs (C(OH)–C–C–N with tert-alkyl or cyclic N) is 1. The molecule has 8 nitrogen and oxygen atoms in total. The normalized spacial score (nSPS) is 22.5. The fourth-order valence-electron chi connectivity index (χ4n) is 3.31. The smallest absolute Gasteiger partial charge is 0.243 e. The van der Waals surface area contributed by atoms with E-state index < -0.39 is 28.2 Å². The Kier molecular flexibility index (Phi) is 7.82. The van der Waals surface area contributed by atoms with Gasteiger partial charge in [0.1, 0.15) is 5.75 Å². The maximum absolute atomic E-state index is 13.0. The number of carbonyl (C=O) groups excluding carboxylic acids is 1. The van der Waals surface area contributed by atoms with Crippen molar-refractivity contribution >= 4 is 15.9 Å². The number of aliphatic hydroxyl groups is 1. The van der Waals surface area contributed by atoms with Crippen molar-refractivity contribution in [1.29, 1.82) is 0 Å². The van der Waals surface area contributed by atoms with E-state index in [0.29, 0.717) is 25.0 Å². The lowest BCUT2D eigenvalue weighted by molar-refractivity contribution is -0.124.